The Morgan fingerprint density at radius 2 is 1.52 bits per heavy atom. The summed E-state index contributed by atoms with van der Waals surface area (Å²) in [6.07, 6.45) is 2.08. The number of halogens is 4. The van der Waals surface area contributed by atoms with Gasteiger partial charge in [0, 0.05) is 5.69 Å². The molecule has 31 heavy (non-hydrogen) atoms. The molecule has 2 aromatic carbocycles. The van der Waals surface area contributed by atoms with Gasteiger partial charge in [0.2, 0.25) is 5.91 Å². The van der Waals surface area contributed by atoms with Crippen LogP contribution in [0.4, 0.5) is 5.69 Å². The Kier molecular flexibility index (Phi) is 7.65. The van der Waals surface area contributed by atoms with Crippen LogP contribution in [0.2, 0.25) is 20.1 Å². The third kappa shape index (κ3) is 4.47. The monoisotopic (exact) mass is 520 g/mol. The van der Waals surface area contributed by atoms with Gasteiger partial charge in [-0.1, -0.05) is 46.4 Å². The van der Waals surface area contributed by atoms with Crippen LogP contribution in [0.5, 0.6) is 5.75 Å². The number of carbonyl (C=O) groups excluding carboxylic acids is 3. The lowest BCUT2D eigenvalue weighted by atomic mass is 10.1. The van der Waals surface area contributed by atoms with E-state index in [-0.39, 0.29) is 37.6 Å². The smallest absolute Gasteiger partial charge is 0.263 e. The summed E-state index contributed by atoms with van der Waals surface area (Å²) < 4.78 is 5.10. The maximum Gasteiger partial charge on any atom is 0.263 e. The number of carbonyl (C=O) groups is 3. The van der Waals surface area contributed by atoms with E-state index < -0.39 is 23.8 Å². The number of imide groups is 1. The minimum Gasteiger partial charge on any atom is -0.497 e. The van der Waals surface area contributed by atoms with Crippen molar-refractivity contribution in [1.29, 1.82) is 0 Å². The second-order valence-corrected chi connectivity index (χ2v) is 9.00. The van der Waals surface area contributed by atoms with Gasteiger partial charge in [-0.2, -0.15) is 11.8 Å². The normalized spacial score (nSPS) is 13.9. The number of methoxy groups -OCH3 is 1. The fourth-order valence-corrected chi connectivity index (χ4v) is 4.63. The topological polar surface area (TPSA) is 75.7 Å². The summed E-state index contributed by atoms with van der Waals surface area (Å²) in [4.78, 5) is 40.2. The first-order valence-corrected chi connectivity index (χ1v) is 11.8. The maximum atomic E-state index is 13.1. The fraction of sp³-hybridized carbons (Fsp3) is 0.250. The van der Waals surface area contributed by atoms with Crippen molar-refractivity contribution in [3.63, 3.8) is 0 Å². The van der Waals surface area contributed by atoms with Gasteiger partial charge < -0.3 is 10.1 Å². The lowest BCUT2D eigenvalue weighted by Gasteiger charge is -2.25. The molecule has 0 aromatic heterocycles. The summed E-state index contributed by atoms with van der Waals surface area (Å²) in [5.41, 5.74) is 0.175. The molecule has 3 rings (SSSR count). The van der Waals surface area contributed by atoms with Gasteiger partial charge in [0.15, 0.2) is 0 Å². The zero-order chi connectivity index (χ0) is 22.9. The van der Waals surface area contributed by atoms with Crippen molar-refractivity contribution in [1.82, 2.24) is 4.90 Å². The number of amides is 3. The lowest BCUT2D eigenvalue weighted by Crippen LogP contribution is -2.47. The lowest BCUT2D eigenvalue weighted by molar-refractivity contribution is -0.120. The molecule has 1 heterocycles. The molecule has 0 saturated carbocycles. The highest BCUT2D eigenvalue weighted by molar-refractivity contribution is 7.98. The SMILES string of the molecule is COc1ccc(NC(=O)[C@H](CCSC)N2C(=O)c3c(Cl)c(Cl)c(Cl)c(Cl)c3C2=O)cc1. The van der Waals surface area contributed by atoms with Crippen LogP contribution in [0.1, 0.15) is 27.1 Å². The molecule has 2 aromatic rings. The molecule has 0 spiro atoms. The minimum atomic E-state index is -1.09. The first kappa shape index (κ1) is 24.0. The van der Waals surface area contributed by atoms with Gasteiger partial charge in [0.05, 0.1) is 38.3 Å². The van der Waals surface area contributed by atoms with Gasteiger partial charge in [-0.05, 0) is 42.7 Å². The maximum absolute atomic E-state index is 13.1. The number of ether oxygens (including phenoxy) is 1. The Labute approximate surface area is 203 Å². The minimum absolute atomic E-state index is 0.126. The van der Waals surface area contributed by atoms with Crippen molar-refractivity contribution < 1.29 is 19.1 Å². The summed E-state index contributed by atoms with van der Waals surface area (Å²) >= 11 is 26.0. The van der Waals surface area contributed by atoms with Crippen molar-refractivity contribution in [2.75, 3.05) is 24.4 Å². The van der Waals surface area contributed by atoms with E-state index in [0.29, 0.717) is 17.2 Å². The zero-order valence-corrected chi connectivity index (χ0v) is 20.1. The van der Waals surface area contributed by atoms with Crippen LogP contribution in [-0.4, -0.2) is 47.8 Å². The van der Waals surface area contributed by atoms with Gasteiger partial charge in [-0.3, -0.25) is 19.3 Å². The summed E-state index contributed by atoms with van der Waals surface area (Å²) in [5, 5.41) is 2.13. The van der Waals surface area contributed by atoms with E-state index in [0.717, 1.165) is 4.90 Å². The first-order chi connectivity index (χ1) is 14.7. The number of rotatable bonds is 7. The van der Waals surface area contributed by atoms with Crippen molar-refractivity contribution in [3.8, 4) is 5.75 Å². The number of benzene rings is 2. The van der Waals surface area contributed by atoms with E-state index in [9.17, 15) is 14.4 Å². The molecule has 1 atom stereocenters. The Morgan fingerprint density at radius 1 is 1.00 bits per heavy atom. The number of thioether (sulfide) groups is 1. The van der Waals surface area contributed by atoms with Crippen LogP contribution in [0.25, 0.3) is 0 Å². The van der Waals surface area contributed by atoms with Crippen LogP contribution >= 0.6 is 58.2 Å². The van der Waals surface area contributed by atoms with Crippen molar-refractivity contribution in [2.24, 2.45) is 0 Å². The number of anilines is 1. The van der Waals surface area contributed by atoms with E-state index in [1.54, 1.807) is 24.3 Å². The van der Waals surface area contributed by atoms with E-state index >= 15 is 0 Å². The summed E-state index contributed by atoms with van der Waals surface area (Å²) in [7, 11) is 1.53. The molecular weight excluding hydrogens is 506 g/mol. The van der Waals surface area contributed by atoms with Gasteiger partial charge >= 0.3 is 0 Å². The van der Waals surface area contributed by atoms with Crippen LogP contribution in [0.15, 0.2) is 24.3 Å². The predicted molar refractivity (Wildman–Crippen MR) is 125 cm³/mol. The molecular formula is C20H16Cl4N2O4S. The molecule has 0 fully saturated rings. The van der Waals surface area contributed by atoms with Gasteiger partial charge in [0.1, 0.15) is 11.8 Å². The second kappa shape index (κ2) is 9.88. The average Bonchev–Trinajstić information content (AvgIpc) is 3.02. The number of fused-ring (bicyclic) bond motifs is 1. The molecule has 0 saturated heterocycles. The van der Waals surface area contributed by atoms with Crippen LogP contribution in [-0.2, 0) is 4.79 Å². The van der Waals surface area contributed by atoms with E-state index in [2.05, 4.69) is 5.32 Å². The summed E-state index contributed by atoms with van der Waals surface area (Å²) in [6.45, 7) is 0. The summed E-state index contributed by atoms with van der Waals surface area (Å²) in [5.74, 6) is -0.881. The number of hydrogen-bond donors (Lipinski definition) is 1. The van der Waals surface area contributed by atoms with Crippen molar-refractivity contribution in [3.05, 3.63) is 55.5 Å². The Morgan fingerprint density at radius 3 is 1.97 bits per heavy atom. The molecule has 0 radical (unpaired) electrons. The number of hydrogen-bond acceptors (Lipinski definition) is 5. The number of nitrogens with zero attached hydrogens (tertiary/aromatic N) is 1. The molecule has 164 valence electrons. The third-order valence-electron chi connectivity index (χ3n) is 4.70. The first-order valence-electron chi connectivity index (χ1n) is 8.90. The highest BCUT2D eigenvalue weighted by Crippen LogP contribution is 2.45. The van der Waals surface area contributed by atoms with Crippen LogP contribution < -0.4 is 10.1 Å². The Hall–Kier alpha value is -1.64. The molecule has 1 aliphatic heterocycles. The molecule has 0 bridgehead atoms. The largest absolute Gasteiger partial charge is 0.497 e. The molecule has 1 N–H and O–H groups in total. The van der Waals surface area contributed by atoms with Crippen molar-refractivity contribution in [2.45, 2.75) is 12.5 Å². The molecule has 0 aliphatic carbocycles. The van der Waals surface area contributed by atoms with E-state index in [4.69, 9.17) is 51.1 Å². The van der Waals surface area contributed by atoms with E-state index in [1.165, 1.54) is 18.9 Å². The molecule has 0 unspecified atom stereocenters. The number of nitrogens with one attached hydrogen (secondary N) is 1. The molecule has 3 amide bonds. The zero-order valence-electron chi connectivity index (χ0n) is 16.3. The average molecular weight is 522 g/mol. The van der Waals surface area contributed by atoms with Crippen LogP contribution in [0, 0.1) is 0 Å². The highest BCUT2D eigenvalue weighted by atomic mass is 35.5. The van der Waals surface area contributed by atoms with Crippen molar-refractivity contribution >= 4 is 81.6 Å². The van der Waals surface area contributed by atoms with E-state index in [1.807, 2.05) is 6.26 Å². The third-order valence-corrected chi connectivity index (χ3v) is 7.15. The van der Waals surface area contributed by atoms with Gasteiger partial charge in [-0.15, -0.1) is 0 Å². The van der Waals surface area contributed by atoms with Gasteiger partial charge in [0.25, 0.3) is 11.8 Å². The standard InChI is InChI=1S/C20H16Cl4N2O4S/c1-30-10-5-3-9(4-6-10)25-18(27)11(7-8-31-2)26-19(28)12-13(20(26)29)15(22)17(24)16(23)14(12)21/h3-6,11H,7-8H2,1-2H3,(H,25,27)/t11-/m0/s1. The second-order valence-electron chi connectivity index (χ2n) is 6.50. The Balaban J connectivity index is 1.97. The molecule has 11 heteroatoms. The predicted octanol–water partition coefficient (Wildman–Crippen LogP) is 5.67. The van der Waals surface area contributed by atoms with Crippen LogP contribution in [0.3, 0.4) is 0 Å². The highest BCUT2D eigenvalue weighted by Gasteiger charge is 2.46. The fourth-order valence-electron chi connectivity index (χ4n) is 3.16. The molecule has 6 nitrogen and oxygen atoms in total. The Bertz CT molecular complexity index is 1020. The van der Waals surface area contributed by atoms with Gasteiger partial charge in [-0.25, -0.2) is 0 Å². The molecule has 1 aliphatic rings. The quantitative estimate of drug-likeness (QED) is 0.289. The summed E-state index contributed by atoms with van der Waals surface area (Å²) in [6, 6.07) is 5.57.